The maximum Gasteiger partial charge on any atom is 0.243 e. The van der Waals surface area contributed by atoms with Crippen molar-refractivity contribution in [3.8, 4) is 0 Å². The van der Waals surface area contributed by atoms with Crippen LogP contribution < -0.4 is 5.73 Å². The van der Waals surface area contributed by atoms with Gasteiger partial charge in [0.25, 0.3) is 0 Å². The second-order valence-electron chi connectivity index (χ2n) is 4.96. The molecule has 2 unspecified atom stereocenters. The summed E-state index contributed by atoms with van der Waals surface area (Å²) in [6.45, 7) is 0.379. The van der Waals surface area contributed by atoms with Gasteiger partial charge in [-0.1, -0.05) is 0 Å². The summed E-state index contributed by atoms with van der Waals surface area (Å²) in [6.07, 6.45) is 0.973. The molecule has 2 atom stereocenters. The molecular weight excluding hydrogens is 302 g/mol. The van der Waals surface area contributed by atoms with Gasteiger partial charge in [0, 0.05) is 26.2 Å². The van der Waals surface area contributed by atoms with Gasteiger partial charge in [0.05, 0.1) is 11.0 Å². The summed E-state index contributed by atoms with van der Waals surface area (Å²) in [5, 5.41) is 0. The van der Waals surface area contributed by atoms with E-state index in [9.17, 15) is 17.2 Å². The van der Waals surface area contributed by atoms with Crippen LogP contribution in [0.25, 0.3) is 0 Å². The number of nitrogens with two attached hydrogens (primary N) is 1. The van der Waals surface area contributed by atoms with Crippen molar-refractivity contribution in [2.75, 3.05) is 20.2 Å². The van der Waals surface area contributed by atoms with E-state index in [1.807, 2.05) is 0 Å². The molecule has 0 aliphatic carbocycles. The molecule has 2 N–H and O–H groups in total. The Bertz CT molecular complexity index is 609. The molecule has 1 saturated heterocycles. The number of nitrogens with zero attached hydrogens (tertiary/aromatic N) is 1. The summed E-state index contributed by atoms with van der Waals surface area (Å²) in [5.41, 5.74) is 5.64. The minimum absolute atomic E-state index is 0.0463. The number of methoxy groups -OCH3 is 1. The molecule has 0 spiro atoms. The zero-order valence-electron chi connectivity index (χ0n) is 11.6. The maximum absolute atomic E-state index is 13.3. The van der Waals surface area contributed by atoms with Crippen molar-refractivity contribution in [1.29, 1.82) is 0 Å². The Morgan fingerprint density at radius 2 is 2.10 bits per heavy atom. The van der Waals surface area contributed by atoms with Crippen LogP contribution in [0.4, 0.5) is 8.78 Å². The fourth-order valence-electron chi connectivity index (χ4n) is 2.51. The third-order valence-electron chi connectivity index (χ3n) is 3.72. The average molecular weight is 320 g/mol. The van der Waals surface area contributed by atoms with Crippen LogP contribution in [0.1, 0.15) is 12.8 Å². The van der Waals surface area contributed by atoms with Gasteiger partial charge >= 0.3 is 0 Å². The molecule has 0 amide bonds. The minimum Gasteiger partial charge on any atom is -0.381 e. The summed E-state index contributed by atoms with van der Waals surface area (Å²) >= 11 is 0. The molecule has 8 heteroatoms. The van der Waals surface area contributed by atoms with E-state index in [0.717, 1.165) is 12.1 Å². The topological polar surface area (TPSA) is 72.6 Å². The predicted molar refractivity (Wildman–Crippen MR) is 73.1 cm³/mol. The molecule has 1 fully saturated rings. The minimum atomic E-state index is -3.90. The molecule has 21 heavy (non-hydrogen) atoms. The zero-order chi connectivity index (χ0) is 15.6. The normalized spacial score (nSPS) is 24.2. The number of hydrogen-bond donors (Lipinski definition) is 1. The average Bonchev–Trinajstić information content (AvgIpc) is 2.49. The van der Waals surface area contributed by atoms with Gasteiger partial charge in [-0.05, 0) is 31.0 Å². The van der Waals surface area contributed by atoms with Gasteiger partial charge in [-0.25, -0.2) is 17.2 Å². The lowest BCUT2D eigenvalue weighted by atomic mass is 10.0. The van der Waals surface area contributed by atoms with Crippen LogP contribution in [0.2, 0.25) is 0 Å². The second-order valence-corrected chi connectivity index (χ2v) is 6.85. The monoisotopic (exact) mass is 320 g/mol. The Kier molecular flexibility index (Phi) is 4.92. The molecule has 0 saturated carbocycles. The molecule has 0 aromatic heterocycles. The highest BCUT2D eigenvalue weighted by atomic mass is 32.2. The molecule has 5 nitrogen and oxygen atoms in total. The van der Waals surface area contributed by atoms with E-state index in [1.54, 1.807) is 7.11 Å². The number of rotatable bonds is 4. The van der Waals surface area contributed by atoms with Crippen LogP contribution in [-0.2, 0) is 14.8 Å². The highest BCUT2D eigenvalue weighted by Gasteiger charge is 2.36. The van der Waals surface area contributed by atoms with E-state index in [0.29, 0.717) is 18.9 Å². The third-order valence-corrected chi connectivity index (χ3v) is 5.66. The Labute approximate surface area is 122 Å². The van der Waals surface area contributed by atoms with Crippen LogP contribution in [-0.4, -0.2) is 45.1 Å². The quantitative estimate of drug-likeness (QED) is 0.901. The maximum atomic E-state index is 13.3. The molecule has 0 radical (unpaired) electrons. The van der Waals surface area contributed by atoms with Crippen molar-refractivity contribution in [3.63, 3.8) is 0 Å². The first-order chi connectivity index (χ1) is 9.90. The molecule has 0 bridgehead atoms. The number of halogens is 2. The number of benzene rings is 1. The first-order valence-corrected chi connectivity index (χ1v) is 8.04. The van der Waals surface area contributed by atoms with Crippen molar-refractivity contribution < 1.29 is 21.9 Å². The molecule has 1 aromatic rings. The van der Waals surface area contributed by atoms with Gasteiger partial charge in [-0.15, -0.1) is 0 Å². The Morgan fingerprint density at radius 1 is 1.38 bits per heavy atom. The van der Waals surface area contributed by atoms with Crippen LogP contribution in [0.3, 0.4) is 0 Å². The number of sulfonamides is 1. The Hall–Kier alpha value is -1.09. The first kappa shape index (κ1) is 16.3. The Balaban J connectivity index is 2.31. The lowest BCUT2D eigenvalue weighted by Crippen LogP contribution is -2.51. The van der Waals surface area contributed by atoms with Crippen LogP contribution >= 0.6 is 0 Å². The second kappa shape index (κ2) is 6.35. The molecular formula is C13H18F2N2O3S. The SMILES string of the molecule is COC1CCN(S(=O)(=O)c2ccc(F)c(F)c2)C(CN)C1. The fourth-order valence-corrected chi connectivity index (χ4v) is 4.18. The van der Waals surface area contributed by atoms with Crippen LogP contribution in [0.5, 0.6) is 0 Å². The van der Waals surface area contributed by atoms with Crippen LogP contribution in [0.15, 0.2) is 23.1 Å². The number of hydrogen-bond acceptors (Lipinski definition) is 4. The van der Waals surface area contributed by atoms with Crippen molar-refractivity contribution in [1.82, 2.24) is 4.31 Å². The molecule has 1 heterocycles. The van der Waals surface area contributed by atoms with Gasteiger partial charge in [-0.2, -0.15) is 4.31 Å². The molecule has 118 valence electrons. The molecule has 1 aromatic carbocycles. The summed E-state index contributed by atoms with van der Waals surface area (Å²) in [4.78, 5) is -0.268. The van der Waals surface area contributed by atoms with Gasteiger partial charge in [0.15, 0.2) is 11.6 Å². The van der Waals surface area contributed by atoms with Gasteiger partial charge < -0.3 is 10.5 Å². The van der Waals surface area contributed by atoms with Crippen molar-refractivity contribution in [2.24, 2.45) is 5.73 Å². The predicted octanol–water partition coefficient (Wildman–Crippen LogP) is 1.09. The molecule has 1 aliphatic heterocycles. The van der Waals surface area contributed by atoms with E-state index in [1.165, 1.54) is 4.31 Å². The van der Waals surface area contributed by atoms with Gasteiger partial charge in [0.2, 0.25) is 10.0 Å². The van der Waals surface area contributed by atoms with E-state index in [4.69, 9.17) is 10.5 Å². The third kappa shape index (κ3) is 3.23. The highest BCUT2D eigenvalue weighted by molar-refractivity contribution is 7.89. The van der Waals surface area contributed by atoms with E-state index in [2.05, 4.69) is 0 Å². The highest BCUT2D eigenvalue weighted by Crippen LogP contribution is 2.27. The lowest BCUT2D eigenvalue weighted by molar-refractivity contribution is 0.0401. The smallest absolute Gasteiger partial charge is 0.243 e. The van der Waals surface area contributed by atoms with Gasteiger partial charge in [0.1, 0.15) is 0 Å². The number of piperidine rings is 1. The summed E-state index contributed by atoms with van der Waals surface area (Å²) in [6, 6.07) is 2.15. The summed E-state index contributed by atoms with van der Waals surface area (Å²) < 4.78 is 57.8. The van der Waals surface area contributed by atoms with Crippen molar-refractivity contribution >= 4 is 10.0 Å². The zero-order valence-corrected chi connectivity index (χ0v) is 12.4. The first-order valence-electron chi connectivity index (χ1n) is 6.60. The summed E-state index contributed by atoms with van der Waals surface area (Å²) in [7, 11) is -2.34. The largest absolute Gasteiger partial charge is 0.381 e. The molecule has 1 aliphatic rings. The van der Waals surface area contributed by atoms with Crippen LogP contribution in [0, 0.1) is 11.6 Å². The summed E-state index contributed by atoms with van der Waals surface area (Å²) in [5.74, 6) is -2.27. The van der Waals surface area contributed by atoms with E-state index in [-0.39, 0.29) is 24.1 Å². The fraction of sp³-hybridized carbons (Fsp3) is 0.538. The Morgan fingerprint density at radius 3 is 2.67 bits per heavy atom. The molecule has 2 rings (SSSR count). The van der Waals surface area contributed by atoms with Gasteiger partial charge in [-0.3, -0.25) is 0 Å². The van der Waals surface area contributed by atoms with E-state index < -0.39 is 27.7 Å². The lowest BCUT2D eigenvalue weighted by Gasteiger charge is -2.37. The van der Waals surface area contributed by atoms with Crippen molar-refractivity contribution in [3.05, 3.63) is 29.8 Å². The number of ether oxygens (including phenoxy) is 1. The van der Waals surface area contributed by atoms with E-state index >= 15 is 0 Å². The van der Waals surface area contributed by atoms with Crippen molar-refractivity contribution in [2.45, 2.75) is 29.9 Å². The standard InChI is InChI=1S/C13H18F2N2O3S/c1-20-10-4-5-17(9(6-10)8-16)21(18,19)11-2-3-12(14)13(15)7-11/h2-3,7,9-10H,4-6,8,16H2,1H3.